The second kappa shape index (κ2) is 7.95. The second-order valence-electron chi connectivity index (χ2n) is 8.03. The number of nitrogens with zero attached hydrogens (tertiary/aromatic N) is 1. The number of imide groups is 1. The topological polar surface area (TPSA) is 80.8 Å². The lowest BCUT2D eigenvalue weighted by atomic mass is 9.81. The van der Waals surface area contributed by atoms with Gasteiger partial charge in [0.05, 0.1) is 18.3 Å². The molecule has 0 N–H and O–H groups in total. The van der Waals surface area contributed by atoms with E-state index in [2.05, 4.69) is 31.9 Å². The van der Waals surface area contributed by atoms with Crippen molar-refractivity contribution in [2.45, 2.75) is 29.4 Å². The molecule has 8 heteroatoms. The van der Waals surface area contributed by atoms with E-state index in [0.29, 0.717) is 5.56 Å². The van der Waals surface area contributed by atoms with Crippen LogP contribution in [0.15, 0.2) is 24.3 Å². The minimum atomic E-state index is -0.595. The lowest BCUT2D eigenvalue weighted by Crippen LogP contribution is -2.37. The Bertz CT molecular complexity index is 838. The van der Waals surface area contributed by atoms with Gasteiger partial charge in [0, 0.05) is 21.8 Å². The number of alkyl halides is 2. The summed E-state index contributed by atoms with van der Waals surface area (Å²) in [6, 6.07) is 7.01. The third-order valence-corrected chi connectivity index (χ3v) is 9.56. The maximum absolute atomic E-state index is 12.8. The van der Waals surface area contributed by atoms with E-state index in [9.17, 15) is 19.2 Å². The fraction of sp³-hybridized carbons (Fsp3) is 0.524. The molecular weight excluding hydrogens is 506 g/mol. The third kappa shape index (κ3) is 3.58. The number of carbonyl (C=O) groups is 4. The number of hydrogen-bond acceptors (Lipinski definition) is 5. The number of carbonyl (C=O) groups excluding carboxylic acids is 4. The molecule has 4 rings (SSSR count). The molecule has 0 aromatic heterocycles. The summed E-state index contributed by atoms with van der Waals surface area (Å²) < 4.78 is 5.05. The standard InChI is InChI=1S/C21H21Br2NO5/c1-10-2-4-11(5-3-10)14(25)9-29-15(26)6-7-24-20(27)16-12-8-13(17(16)21(24)28)19(23)18(12)22/h2-5,12-13,16-19H,6-9H2,1H3/t12-,13-,16-,17-,18+,19+/m1/s1. The number of rotatable bonds is 6. The molecule has 2 bridgehead atoms. The zero-order valence-corrected chi connectivity index (χ0v) is 19.0. The molecule has 1 aromatic carbocycles. The maximum atomic E-state index is 12.8. The molecule has 0 radical (unpaired) electrons. The molecule has 6 nitrogen and oxygen atoms in total. The summed E-state index contributed by atoms with van der Waals surface area (Å²) >= 11 is 7.30. The van der Waals surface area contributed by atoms with Crippen molar-refractivity contribution in [2.75, 3.05) is 13.2 Å². The molecule has 2 aliphatic carbocycles. The van der Waals surface area contributed by atoms with Crippen LogP contribution in [0, 0.1) is 30.6 Å². The van der Waals surface area contributed by atoms with Gasteiger partial charge in [-0.2, -0.15) is 0 Å². The number of benzene rings is 1. The van der Waals surface area contributed by atoms with Gasteiger partial charge in [0.2, 0.25) is 11.8 Å². The summed E-state index contributed by atoms with van der Waals surface area (Å²) in [5.41, 5.74) is 1.51. The van der Waals surface area contributed by atoms with E-state index in [0.717, 1.165) is 12.0 Å². The zero-order valence-electron chi connectivity index (χ0n) is 15.8. The minimum absolute atomic E-state index is 0.00155. The van der Waals surface area contributed by atoms with Crippen molar-refractivity contribution in [3.63, 3.8) is 0 Å². The van der Waals surface area contributed by atoms with E-state index in [1.54, 1.807) is 12.1 Å². The van der Waals surface area contributed by atoms with Gasteiger partial charge in [-0.1, -0.05) is 61.7 Å². The van der Waals surface area contributed by atoms with E-state index in [1.165, 1.54) is 4.90 Å². The molecule has 3 aliphatic rings. The van der Waals surface area contributed by atoms with Crippen molar-refractivity contribution >= 4 is 55.4 Å². The molecule has 0 spiro atoms. The number of ketones is 1. The Morgan fingerprint density at radius 3 is 2.14 bits per heavy atom. The first-order chi connectivity index (χ1) is 13.8. The first-order valence-electron chi connectivity index (χ1n) is 9.68. The number of Topliss-reactive ketones (excluding diaryl/α,β-unsaturated/α-hetero) is 1. The molecule has 1 heterocycles. The first-order valence-corrected chi connectivity index (χ1v) is 11.5. The average molecular weight is 527 g/mol. The van der Waals surface area contributed by atoms with E-state index in [1.807, 2.05) is 19.1 Å². The highest BCUT2D eigenvalue weighted by molar-refractivity contribution is 9.12. The van der Waals surface area contributed by atoms with Crippen molar-refractivity contribution < 1.29 is 23.9 Å². The molecule has 3 fully saturated rings. The summed E-state index contributed by atoms with van der Waals surface area (Å²) in [6.07, 6.45) is 0.762. The summed E-state index contributed by atoms with van der Waals surface area (Å²) in [5, 5.41) is 0. The minimum Gasteiger partial charge on any atom is -0.457 e. The molecule has 2 amide bonds. The van der Waals surface area contributed by atoms with Crippen LogP contribution in [0.3, 0.4) is 0 Å². The van der Waals surface area contributed by atoms with Gasteiger partial charge >= 0.3 is 5.97 Å². The number of fused-ring (bicyclic) bond motifs is 5. The smallest absolute Gasteiger partial charge is 0.308 e. The predicted molar refractivity (Wildman–Crippen MR) is 112 cm³/mol. The Morgan fingerprint density at radius 1 is 1.03 bits per heavy atom. The zero-order chi connectivity index (χ0) is 20.9. The average Bonchev–Trinajstić information content (AvgIpc) is 3.30. The van der Waals surface area contributed by atoms with Crippen molar-refractivity contribution in [2.24, 2.45) is 23.7 Å². The third-order valence-electron chi connectivity index (χ3n) is 6.36. The molecule has 1 aliphatic heterocycles. The Balaban J connectivity index is 1.30. The van der Waals surface area contributed by atoms with E-state index in [-0.39, 0.29) is 70.5 Å². The van der Waals surface area contributed by atoms with Crippen molar-refractivity contribution in [1.82, 2.24) is 4.90 Å². The second-order valence-corrected chi connectivity index (χ2v) is 10.1. The number of hydrogen-bond donors (Lipinski definition) is 0. The highest BCUT2D eigenvalue weighted by Gasteiger charge is 2.66. The summed E-state index contributed by atoms with van der Waals surface area (Å²) in [4.78, 5) is 51.3. The molecule has 0 unspecified atom stereocenters. The highest BCUT2D eigenvalue weighted by Crippen LogP contribution is 2.60. The van der Waals surface area contributed by atoms with Crippen LogP contribution in [-0.4, -0.2) is 51.3 Å². The number of aryl methyl sites for hydroxylation is 1. The normalized spacial score (nSPS) is 32.6. The SMILES string of the molecule is Cc1ccc(C(=O)COC(=O)CCN2C(=O)[C@@H]3[C@H]4C[C@@H]([C@H](Br)[C@H]4Br)[C@H]3C2=O)cc1. The maximum Gasteiger partial charge on any atom is 0.308 e. The Kier molecular flexibility index (Phi) is 5.68. The van der Waals surface area contributed by atoms with Crippen LogP contribution in [0.5, 0.6) is 0 Å². The quantitative estimate of drug-likeness (QED) is 0.246. The lowest BCUT2D eigenvalue weighted by Gasteiger charge is -2.28. The Hall–Kier alpha value is -1.54. The summed E-state index contributed by atoms with van der Waals surface area (Å²) in [6.45, 7) is 1.57. The molecule has 1 aromatic rings. The molecule has 154 valence electrons. The van der Waals surface area contributed by atoms with Crippen LogP contribution in [0.4, 0.5) is 0 Å². The van der Waals surface area contributed by atoms with Gasteiger partial charge in [-0.3, -0.25) is 24.1 Å². The Labute approximate surface area is 185 Å². The lowest BCUT2D eigenvalue weighted by molar-refractivity contribution is -0.145. The molecule has 6 atom stereocenters. The van der Waals surface area contributed by atoms with Crippen LogP contribution < -0.4 is 0 Å². The van der Waals surface area contributed by atoms with Gasteiger partial charge in [-0.25, -0.2) is 0 Å². The van der Waals surface area contributed by atoms with Crippen LogP contribution in [0.25, 0.3) is 0 Å². The number of halogens is 2. The van der Waals surface area contributed by atoms with Crippen molar-refractivity contribution in [1.29, 1.82) is 0 Å². The first kappa shape index (κ1) is 20.7. The monoisotopic (exact) mass is 525 g/mol. The van der Waals surface area contributed by atoms with Crippen LogP contribution in [-0.2, 0) is 19.1 Å². The highest BCUT2D eigenvalue weighted by atomic mass is 79.9. The van der Waals surface area contributed by atoms with Crippen LogP contribution in [0.2, 0.25) is 0 Å². The van der Waals surface area contributed by atoms with E-state index < -0.39 is 5.97 Å². The number of amides is 2. The summed E-state index contributed by atoms with van der Waals surface area (Å²) in [5.74, 6) is -1.52. The summed E-state index contributed by atoms with van der Waals surface area (Å²) in [7, 11) is 0. The van der Waals surface area contributed by atoms with Crippen LogP contribution in [0.1, 0.15) is 28.8 Å². The number of ether oxygens (including phenoxy) is 1. The van der Waals surface area contributed by atoms with Gasteiger partial charge < -0.3 is 4.74 Å². The fourth-order valence-corrected chi connectivity index (χ4v) is 6.75. The molecule has 1 saturated heterocycles. The van der Waals surface area contributed by atoms with E-state index >= 15 is 0 Å². The van der Waals surface area contributed by atoms with Crippen molar-refractivity contribution in [3.8, 4) is 0 Å². The van der Waals surface area contributed by atoms with Gasteiger partial charge in [0.15, 0.2) is 12.4 Å². The molecule has 2 saturated carbocycles. The van der Waals surface area contributed by atoms with Crippen LogP contribution >= 0.6 is 31.9 Å². The van der Waals surface area contributed by atoms with Gasteiger partial charge in [0.25, 0.3) is 0 Å². The molecule has 29 heavy (non-hydrogen) atoms. The predicted octanol–water partition coefficient (Wildman–Crippen LogP) is 2.89. The largest absolute Gasteiger partial charge is 0.457 e. The fourth-order valence-electron chi connectivity index (χ4n) is 4.88. The Morgan fingerprint density at radius 2 is 1.59 bits per heavy atom. The van der Waals surface area contributed by atoms with Gasteiger partial charge in [0.1, 0.15) is 0 Å². The number of esters is 1. The van der Waals surface area contributed by atoms with Gasteiger partial charge in [-0.05, 0) is 25.2 Å². The molecular formula is C21H21Br2NO5. The van der Waals surface area contributed by atoms with E-state index in [4.69, 9.17) is 4.74 Å². The van der Waals surface area contributed by atoms with Gasteiger partial charge in [-0.15, -0.1) is 0 Å². The van der Waals surface area contributed by atoms with Crippen molar-refractivity contribution in [3.05, 3.63) is 35.4 Å². The number of likely N-dealkylation sites (tertiary alicyclic amines) is 1.